The van der Waals surface area contributed by atoms with Gasteiger partial charge in [0, 0.05) is 11.5 Å². The van der Waals surface area contributed by atoms with Gasteiger partial charge in [0.05, 0.1) is 0 Å². The van der Waals surface area contributed by atoms with E-state index < -0.39 is 0 Å². The fourth-order valence-electron chi connectivity index (χ4n) is 2.61. The van der Waals surface area contributed by atoms with E-state index in [1.54, 1.807) is 13.0 Å². The number of aromatic nitrogens is 3. The molecular formula is C16H14N4O2S. The topological polar surface area (TPSA) is 80.9 Å². The zero-order valence-electron chi connectivity index (χ0n) is 12.4. The van der Waals surface area contributed by atoms with Crippen LogP contribution in [0.5, 0.6) is 0 Å². The Morgan fingerprint density at radius 1 is 1.26 bits per heavy atom. The van der Waals surface area contributed by atoms with Crippen LogP contribution < -0.4 is 5.32 Å². The van der Waals surface area contributed by atoms with E-state index in [9.17, 15) is 4.79 Å². The van der Waals surface area contributed by atoms with Crippen molar-refractivity contribution in [2.75, 3.05) is 5.32 Å². The molecule has 23 heavy (non-hydrogen) atoms. The van der Waals surface area contributed by atoms with Crippen molar-refractivity contribution in [3.8, 4) is 0 Å². The third-order valence-corrected chi connectivity index (χ3v) is 5.03. The van der Waals surface area contributed by atoms with Gasteiger partial charge in [-0.1, -0.05) is 46.8 Å². The minimum Gasteiger partial charge on any atom is -0.361 e. The number of carbonyl (C=O) groups excluding carboxylic acids is 1. The lowest BCUT2D eigenvalue weighted by Crippen LogP contribution is -2.11. The molecule has 6 nitrogen and oxygen atoms in total. The van der Waals surface area contributed by atoms with Crippen LogP contribution in [0.2, 0.25) is 0 Å². The van der Waals surface area contributed by atoms with Crippen LogP contribution in [-0.4, -0.2) is 21.3 Å². The number of rotatable bonds is 4. The lowest BCUT2D eigenvalue weighted by atomic mass is 9.97. The average molecular weight is 326 g/mol. The Bertz CT molecular complexity index is 852. The Labute approximate surface area is 136 Å². The summed E-state index contributed by atoms with van der Waals surface area (Å²) in [7, 11) is 0. The van der Waals surface area contributed by atoms with Crippen molar-refractivity contribution in [2.45, 2.75) is 25.2 Å². The molecule has 1 N–H and O–H groups in total. The highest BCUT2D eigenvalue weighted by Crippen LogP contribution is 2.54. The predicted octanol–water partition coefficient (Wildman–Crippen LogP) is 3.17. The summed E-state index contributed by atoms with van der Waals surface area (Å²) in [6.45, 7) is 1.74. The molecule has 0 radical (unpaired) electrons. The van der Waals surface area contributed by atoms with Gasteiger partial charge in [-0.05, 0) is 25.3 Å². The molecule has 2 heterocycles. The third kappa shape index (κ3) is 2.53. The standard InChI is InChI=1S/C16H14N4O2S/c1-10-9-12(20-22-10)13(21)17-15-19-18-14(23-15)16(7-8-16)11-5-3-2-4-6-11/h2-6,9H,7-8H2,1H3,(H,17,19,21). The molecule has 1 saturated carbocycles. The van der Waals surface area contributed by atoms with Gasteiger partial charge >= 0.3 is 0 Å². The third-order valence-electron chi connectivity index (χ3n) is 3.99. The average Bonchev–Trinajstić information content (AvgIpc) is 3.04. The highest BCUT2D eigenvalue weighted by atomic mass is 32.1. The fraction of sp³-hybridized carbons (Fsp3) is 0.250. The summed E-state index contributed by atoms with van der Waals surface area (Å²) in [5, 5.41) is 16.2. The van der Waals surface area contributed by atoms with Gasteiger partial charge in [0.15, 0.2) is 5.69 Å². The molecule has 1 aliphatic carbocycles. The van der Waals surface area contributed by atoms with Crippen LogP contribution in [0.15, 0.2) is 40.9 Å². The Hall–Kier alpha value is -2.54. The molecule has 4 rings (SSSR count). The lowest BCUT2D eigenvalue weighted by Gasteiger charge is -2.10. The molecule has 0 aliphatic heterocycles. The summed E-state index contributed by atoms with van der Waals surface area (Å²) < 4.78 is 4.91. The van der Waals surface area contributed by atoms with E-state index >= 15 is 0 Å². The highest BCUT2D eigenvalue weighted by Gasteiger charge is 2.48. The molecular weight excluding hydrogens is 312 g/mol. The second-order valence-corrected chi connectivity index (χ2v) is 6.61. The quantitative estimate of drug-likeness (QED) is 0.796. The first-order valence-electron chi connectivity index (χ1n) is 7.32. The molecule has 7 heteroatoms. The van der Waals surface area contributed by atoms with Gasteiger partial charge in [0.2, 0.25) is 5.13 Å². The molecule has 1 amide bonds. The summed E-state index contributed by atoms with van der Waals surface area (Å²) in [5.74, 6) is 0.253. The maximum atomic E-state index is 12.1. The smallest absolute Gasteiger partial charge is 0.279 e. The van der Waals surface area contributed by atoms with E-state index in [1.807, 2.05) is 18.2 Å². The lowest BCUT2D eigenvalue weighted by molar-refractivity contribution is 0.101. The number of amides is 1. The second kappa shape index (κ2) is 5.27. The van der Waals surface area contributed by atoms with E-state index in [2.05, 4.69) is 32.8 Å². The van der Waals surface area contributed by atoms with E-state index in [-0.39, 0.29) is 17.0 Å². The first-order chi connectivity index (χ1) is 11.2. The van der Waals surface area contributed by atoms with Crippen LogP contribution in [0.1, 0.15) is 39.7 Å². The van der Waals surface area contributed by atoms with E-state index in [4.69, 9.17) is 4.52 Å². The largest absolute Gasteiger partial charge is 0.361 e. The van der Waals surface area contributed by atoms with Crippen LogP contribution in [-0.2, 0) is 5.41 Å². The monoisotopic (exact) mass is 326 g/mol. The van der Waals surface area contributed by atoms with Crippen molar-refractivity contribution in [1.82, 2.24) is 15.4 Å². The zero-order valence-corrected chi connectivity index (χ0v) is 13.3. The summed E-state index contributed by atoms with van der Waals surface area (Å²) in [6.07, 6.45) is 2.12. The van der Waals surface area contributed by atoms with Gasteiger partial charge in [0.25, 0.3) is 5.91 Å². The Balaban J connectivity index is 1.55. The molecule has 0 atom stereocenters. The maximum absolute atomic E-state index is 12.1. The van der Waals surface area contributed by atoms with Gasteiger partial charge in [-0.3, -0.25) is 10.1 Å². The maximum Gasteiger partial charge on any atom is 0.279 e. The first-order valence-corrected chi connectivity index (χ1v) is 8.13. The number of hydrogen-bond acceptors (Lipinski definition) is 6. The molecule has 1 aromatic carbocycles. The van der Waals surface area contributed by atoms with Gasteiger partial charge in [0.1, 0.15) is 10.8 Å². The second-order valence-electron chi connectivity index (χ2n) is 5.64. The summed E-state index contributed by atoms with van der Waals surface area (Å²) in [5.41, 5.74) is 1.46. The normalized spacial score (nSPS) is 15.3. The van der Waals surface area contributed by atoms with Crippen molar-refractivity contribution < 1.29 is 9.32 Å². The Morgan fingerprint density at radius 2 is 2.04 bits per heavy atom. The number of nitrogens with one attached hydrogen (secondary N) is 1. The number of hydrogen-bond donors (Lipinski definition) is 1. The number of benzene rings is 1. The fourth-order valence-corrected chi connectivity index (χ4v) is 3.62. The highest BCUT2D eigenvalue weighted by molar-refractivity contribution is 7.15. The van der Waals surface area contributed by atoms with Crippen LogP contribution in [0, 0.1) is 6.92 Å². The number of anilines is 1. The zero-order chi connectivity index (χ0) is 15.9. The van der Waals surface area contributed by atoms with Gasteiger partial charge in [-0.2, -0.15) is 0 Å². The summed E-state index contributed by atoms with van der Waals surface area (Å²) in [6, 6.07) is 11.9. The SMILES string of the molecule is Cc1cc(C(=O)Nc2nnc(C3(c4ccccc4)CC3)s2)no1. The summed E-state index contributed by atoms with van der Waals surface area (Å²) in [4.78, 5) is 12.1. The molecule has 3 aromatic rings. The summed E-state index contributed by atoms with van der Waals surface area (Å²) >= 11 is 1.41. The van der Waals surface area contributed by atoms with E-state index in [0.29, 0.717) is 10.9 Å². The Kier molecular flexibility index (Phi) is 3.23. The molecule has 116 valence electrons. The molecule has 0 bridgehead atoms. The molecule has 1 aliphatic rings. The van der Waals surface area contributed by atoms with Crippen molar-refractivity contribution in [1.29, 1.82) is 0 Å². The van der Waals surface area contributed by atoms with Crippen LogP contribution >= 0.6 is 11.3 Å². The van der Waals surface area contributed by atoms with Crippen LogP contribution in [0.25, 0.3) is 0 Å². The minimum absolute atomic E-state index is 0.0353. The van der Waals surface area contributed by atoms with Crippen LogP contribution in [0.3, 0.4) is 0 Å². The molecule has 0 unspecified atom stereocenters. The first kappa shape index (κ1) is 14.1. The van der Waals surface area contributed by atoms with Crippen molar-refractivity contribution in [3.63, 3.8) is 0 Å². The van der Waals surface area contributed by atoms with Crippen molar-refractivity contribution in [3.05, 3.63) is 58.4 Å². The van der Waals surface area contributed by atoms with Crippen LogP contribution in [0.4, 0.5) is 5.13 Å². The van der Waals surface area contributed by atoms with Gasteiger partial charge < -0.3 is 4.52 Å². The molecule has 2 aromatic heterocycles. The predicted molar refractivity (Wildman–Crippen MR) is 85.6 cm³/mol. The van der Waals surface area contributed by atoms with E-state index in [0.717, 1.165) is 17.8 Å². The number of carbonyl (C=O) groups is 1. The van der Waals surface area contributed by atoms with Gasteiger partial charge in [-0.25, -0.2) is 0 Å². The van der Waals surface area contributed by atoms with Crippen molar-refractivity contribution in [2.24, 2.45) is 0 Å². The van der Waals surface area contributed by atoms with Crippen molar-refractivity contribution >= 4 is 22.4 Å². The minimum atomic E-state index is -0.339. The number of aryl methyl sites for hydroxylation is 1. The Morgan fingerprint density at radius 3 is 2.70 bits per heavy atom. The molecule has 1 fully saturated rings. The number of nitrogens with zero attached hydrogens (tertiary/aromatic N) is 3. The molecule has 0 spiro atoms. The molecule has 0 saturated heterocycles. The van der Waals surface area contributed by atoms with E-state index in [1.165, 1.54) is 16.9 Å². The van der Waals surface area contributed by atoms with Gasteiger partial charge in [-0.15, -0.1) is 10.2 Å².